The van der Waals surface area contributed by atoms with Crippen molar-refractivity contribution < 1.29 is 24.2 Å². The largest absolute Gasteiger partial charge is 0.495 e. The van der Waals surface area contributed by atoms with Crippen LogP contribution in [-0.2, 0) is 9.59 Å². The summed E-state index contributed by atoms with van der Waals surface area (Å²) in [7, 11) is 1.43. The van der Waals surface area contributed by atoms with E-state index in [1.54, 1.807) is 18.2 Å². The van der Waals surface area contributed by atoms with Crippen LogP contribution in [0.5, 0.6) is 5.75 Å². The number of benzene rings is 1. The third-order valence-corrected chi connectivity index (χ3v) is 2.91. The van der Waals surface area contributed by atoms with E-state index in [-0.39, 0.29) is 0 Å². The average Bonchev–Trinajstić information content (AvgIpc) is 2.37. The van der Waals surface area contributed by atoms with Gasteiger partial charge in [0.05, 0.1) is 19.2 Å². The van der Waals surface area contributed by atoms with Crippen LogP contribution in [0.4, 0.5) is 10.5 Å². The van der Waals surface area contributed by atoms with Gasteiger partial charge in [-0.3, -0.25) is 4.79 Å². The number of methoxy groups -OCH3 is 1. The standard InChI is InChI=1S/C12H14BrN3O5/c1-21-9-3-2-6(13)4-7(9)15-12(20)16-8(11(18)19)5-10(14)17/h2-4,8H,5H2,1H3,(H2,14,17)(H,18,19)(H2,15,16,20)/t8-/m1/s1. The average molecular weight is 360 g/mol. The molecule has 0 saturated carbocycles. The zero-order chi connectivity index (χ0) is 16.0. The molecule has 0 aliphatic heterocycles. The van der Waals surface area contributed by atoms with Crippen LogP contribution in [0.3, 0.4) is 0 Å². The number of hydrogen-bond acceptors (Lipinski definition) is 4. The zero-order valence-corrected chi connectivity index (χ0v) is 12.6. The summed E-state index contributed by atoms with van der Waals surface area (Å²) in [4.78, 5) is 33.5. The van der Waals surface area contributed by atoms with Gasteiger partial charge < -0.3 is 26.2 Å². The fourth-order valence-corrected chi connectivity index (χ4v) is 1.86. The molecule has 9 heteroatoms. The molecule has 1 aromatic rings. The van der Waals surface area contributed by atoms with Crippen LogP contribution in [0.2, 0.25) is 0 Å². The number of nitrogens with one attached hydrogen (secondary N) is 2. The summed E-state index contributed by atoms with van der Waals surface area (Å²) in [5.41, 5.74) is 5.27. The highest BCUT2D eigenvalue weighted by Gasteiger charge is 2.22. The first-order valence-corrected chi connectivity index (χ1v) is 6.55. The first-order valence-electron chi connectivity index (χ1n) is 5.75. The van der Waals surface area contributed by atoms with Crippen LogP contribution < -0.4 is 21.1 Å². The summed E-state index contributed by atoms with van der Waals surface area (Å²) in [5.74, 6) is -1.79. The van der Waals surface area contributed by atoms with Crippen molar-refractivity contribution in [1.29, 1.82) is 0 Å². The van der Waals surface area contributed by atoms with E-state index in [9.17, 15) is 14.4 Å². The molecule has 0 radical (unpaired) electrons. The number of ether oxygens (including phenoxy) is 1. The molecule has 0 spiro atoms. The van der Waals surface area contributed by atoms with Crippen molar-refractivity contribution in [3.8, 4) is 5.75 Å². The van der Waals surface area contributed by atoms with Gasteiger partial charge in [0.2, 0.25) is 5.91 Å². The molecule has 114 valence electrons. The Kier molecular flexibility index (Phi) is 5.97. The molecule has 0 unspecified atom stereocenters. The molecular formula is C12H14BrN3O5. The highest BCUT2D eigenvalue weighted by Crippen LogP contribution is 2.27. The van der Waals surface area contributed by atoms with Crippen molar-refractivity contribution >= 4 is 39.5 Å². The third-order valence-electron chi connectivity index (χ3n) is 2.42. The van der Waals surface area contributed by atoms with Crippen LogP contribution >= 0.6 is 15.9 Å². The molecule has 21 heavy (non-hydrogen) atoms. The summed E-state index contributed by atoms with van der Waals surface area (Å²) in [6, 6.07) is 2.73. The van der Waals surface area contributed by atoms with Crippen molar-refractivity contribution in [2.45, 2.75) is 12.5 Å². The molecular weight excluding hydrogens is 346 g/mol. The molecule has 1 rings (SSSR count). The molecule has 0 fully saturated rings. The van der Waals surface area contributed by atoms with E-state index in [4.69, 9.17) is 15.6 Å². The number of carboxylic acids is 1. The number of primary amides is 1. The maximum atomic E-state index is 11.8. The first kappa shape index (κ1) is 16.8. The van der Waals surface area contributed by atoms with Gasteiger partial charge in [0.25, 0.3) is 0 Å². The number of carboxylic acid groups (broad SMARTS) is 1. The van der Waals surface area contributed by atoms with Gasteiger partial charge in [-0.2, -0.15) is 0 Å². The number of halogens is 1. The van der Waals surface area contributed by atoms with Gasteiger partial charge in [-0.05, 0) is 18.2 Å². The fourth-order valence-electron chi connectivity index (χ4n) is 1.50. The van der Waals surface area contributed by atoms with E-state index in [1.807, 2.05) is 0 Å². The molecule has 0 aliphatic carbocycles. The number of carbonyl (C=O) groups is 3. The lowest BCUT2D eigenvalue weighted by atomic mass is 10.2. The Hall–Kier alpha value is -2.29. The quantitative estimate of drug-likeness (QED) is 0.599. The minimum atomic E-state index is -1.40. The molecule has 1 atom stereocenters. The van der Waals surface area contributed by atoms with Gasteiger partial charge in [0.1, 0.15) is 11.8 Å². The van der Waals surface area contributed by atoms with E-state index < -0.39 is 30.4 Å². The van der Waals surface area contributed by atoms with Crippen LogP contribution in [-0.4, -0.2) is 36.2 Å². The Bertz CT molecular complexity index is 564. The predicted molar refractivity (Wildman–Crippen MR) is 78.1 cm³/mol. The van der Waals surface area contributed by atoms with Crippen molar-refractivity contribution in [1.82, 2.24) is 5.32 Å². The van der Waals surface area contributed by atoms with Crippen molar-refractivity contribution in [3.05, 3.63) is 22.7 Å². The molecule has 0 saturated heterocycles. The second-order valence-corrected chi connectivity index (χ2v) is 4.92. The lowest BCUT2D eigenvalue weighted by Gasteiger charge is -2.15. The zero-order valence-electron chi connectivity index (χ0n) is 11.1. The molecule has 0 aliphatic rings. The van der Waals surface area contributed by atoms with Crippen LogP contribution in [0.1, 0.15) is 6.42 Å². The lowest BCUT2D eigenvalue weighted by Crippen LogP contribution is -2.45. The van der Waals surface area contributed by atoms with Gasteiger partial charge in [-0.25, -0.2) is 9.59 Å². The number of anilines is 1. The van der Waals surface area contributed by atoms with Gasteiger partial charge in [-0.1, -0.05) is 15.9 Å². The molecule has 0 heterocycles. The number of amides is 3. The molecule has 5 N–H and O–H groups in total. The van der Waals surface area contributed by atoms with Crippen molar-refractivity contribution in [2.24, 2.45) is 5.73 Å². The Morgan fingerprint density at radius 1 is 1.43 bits per heavy atom. The Morgan fingerprint density at radius 2 is 2.10 bits per heavy atom. The van der Waals surface area contributed by atoms with E-state index in [2.05, 4.69) is 26.6 Å². The molecule has 3 amide bonds. The Balaban J connectivity index is 2.78. The Labute approximate surface area is 128 Å². The highest BCUT2D eigenvalue weighted by atomic mass is 79.9. The smallest absolute Gasteiger partial charge is 0.326 e. The number of aliphatic carboxylic acids is 1. The highest BCUT2D eigenvalue weighted by molar-refractivity contribution is 9.10. The summed E-state index contributed by atoms with van der Waals surface area (Å²) >= 11 is 3.24. The first-order chi connectivity index (χ1) is 9.83. The minimum absolute atomic E-state index is 0.340. The van der Waals surface area contributed by atoms with Crippen LogP contribution in [0.15, 0.2) is 22.7 Å². The van der Waals surface area contributed by atoms with Gasteiger partial charge in [0.15, 0.2) is 0 Å². The summed E-state index contributed by atoms with van der Waals surface area (Å²) < 4.78 is 5.76. The lowest BCUT2D eigenvalue weighted by molar-refractivity contribution is -0.140. The second-order valence-electron chi connectivity index (χ2n) is 4.00. The Morgan fingerprint density at radius 3 is 2.62 bits per heavy atom. The normalized spacial score (nSPS) is 11.3. The van der Waals surface area contributed by atoms with Gasteiger partial charge >= 0.3 is 12.0 Å². The van der Waals surface area contributed by atoms with E-state index in [0.29, 0.717) is 15.9 Å². The third kappa shape index (κ3) is 5.30. The minimum Gasteiger partial charge on any atom is -0.495 e. The van der Waals surface area contributed by atoms with Crippen LogP contribution in [0, 0.1) is 0 Å². The monoisotopic (exact) mass is 359 g/mol. The number of nitrogens with two attached hydrogens (primary N) is 1. The van der Waals surface area contributed by atoms with Crippen LogP contribution in [0.25, 0.3) is 0 Å². The van der Waals surface area contributed by atoms with E-state index in [0.717, 1.165) is 0 Å². The van der Waals surface area contributed by atoms with Crippen molar-refractivity contribution in [3.63, 3.8) is 0 Å². The second kappa shape index (κ2) is 7.48. The molecule has 0 aromatic heterocycles. The van der Waals surface area contributed by atoms with E-state index in [1.165, 1.54) is 7.11 Å². The summed E-state index contributed by atoms with van der Waals surface area (Å²) in [6.45, 7) is 0. The van der Waals surface area contributed by atoms with Crippen molar-refractivity contribution in [2.75, 3.05) is 12.4 Å². The maximum Gasteiger partial charge on any atom is 0.326 e. The summed E-state index contributed by atoms with van der Waals surface area (Å²) in [5, 5.41) is 13.5. The topological polar surface area (TPSA) is 131 Å². The molecule has 1 aromatic carbocycles. The molecule has 0 bridgehead atoms. The maximum absolute atomic E-state index is 11.8. The van der Waals surface area contributed by atoms with Gasteiger partial charge in [-0.15, -0.1) is 0 Å². The fraction of sp³-hybridized carbons (Fsp3) is 0.250. The van der Waals surface area contributed by atoms with Gasteiger partial charge in [0, 0.05) is 4.47 Å². The SMILES string of the molecule is COc1ccc(Br)cc1NC(=O)N[C@H](CC(N)=O)C(=O)O. The number of carbonyl (C=O) groups excluding carboxylic acids is 2. The summed E-state index contributed by atoms with van der Waals surface area (Å²) in [6.07, 6.45) is -0.502. The number of hydrogen-bond donors (Lipinski definition) is 4. The van der Waals surface area contributed by atoms with E-state index >= 15 is 0 Å². The number of urea groups is 1. The number of rotatable bonds is 6. The predicted octanol–water partition coefficient (Wildman–Crippen LogP) is 0.908. The molecule has 8 nitrogen and oxygen atoms in total.